The van der Waals surface area contributed by atoms with E-state index in [0.29, 0.717) is 19.6 Å². The van der Waals surface area contributed by atoms with Crippen molar-refractivity contribution < 1.29 is 19.0 Å². The third-order valence-corrected chi connectivity index (χ3v) is 3.27. The number of nitrogens with zero attached hydrogens (tertiary/aromatic N) is 1. The molecular weight excluding hydrogens is 284 g/mol. The van der Waals surface area contributed by atoms with Gasteiger partial charge in [0.25, 0.3) is 0 Å². The minimum Gasteiger partial charge on any atom is -0.380 e. The fraction of sp³-hybridized carbons (Fsp3) is 0.938. The van der Waals surface area contributed by atoms with Crippen LogP contribution in [0.2, 0.25) is 0 Å². The van der Waals surface area contributed by atoms with Crippen LogP contribution in [0.15, 0.2) is 0 Å². The molecule has 0 atom stereocenters. The number of ether oxygens (including phenoxy) is 3. The molecule has 1 aliphatic heterocycles. The van der Waals surface area contributed by atoms with Gasteiger partial charge in [0.05, 0.1) is 19.8 Å². The number of carbonyl (C=O) groups excluding carboxylic acids is 1. The summed E-state index contributed by atoms with van der Waals surface area (Å²) >= 11 is 0. The van der Waals surface area contributed by atoms with Crippen LogP contribution in [0.25, 0.3) is 0 Å². The summed E-state index contributed by atoms with van der Waals surface area (Å²) in [5.41, 5.74) is 0. The van der Waals surface area contributed by atoms with E-state index < -0.39 is 0 Å². The molecule has 1 fully saturated rings. The molecule has 1 rings (SSSR count). The van der Waals surface area contributed by atoms with E-state index in [9.17, 15) is 0 Å². The van der Waals surface area contributed by atoms with Gasteiger partial charge in [0.15, 0.2) is 0 Å². The minimum absolute atomic E-state index is 0.625. The third kappa shape index (κ3) is 15.7. The smallest absolute Gasteiger partial charge is 0.206 e. The molecule has 0 unspecified atom stereocenters. The van der Waals surface area contributed by atoms with E-state index in [1.54, 1.807) is 7.05 Å². The van der Waals surface area contributed by atoms with Gasteiger partial charge >= 0.3 is 0 Å². The third-order valence-electron chi connectivity index (χ3n) is 3.27. The fourth-order valence-corrected chi connectivity index (χ4v) is 2.11. The maximum Gasteiger partial charge on any atom is 0.206 e. The number of piperidine rings is 1. The van der Waals surface area contributed by atoms with E-state index in [0.717, 1.165) is 39.4 Å². The van der Waals surface area contributed by atoms with Crippen LogP contribution in [-0.4, -0.2) is 77.6 Å². The molecule has 0 radical (unpaired) electrons. The zero-order valence-electron chi connectivity index (χ0n) is 14.3. The molecule has 0 aromatic heterocycles. The van der Waals surface area contributed by atoms with Crippen molar-refractivity contribution in [1.29, 1.82) is 0 Å². The maximum atomic E-state index is 9.06. The summed E-state index contributed by atoms with van der Waals surface area (Å²) in [6.45, 7) is 10.2. The highest BCUT2D eigenvalue weighted by Gasteiger charge is 2.08. The Morgan fingerprint density at radius 3 is 2.14 bits per heavy atom. The van der Waals surface area contributed by atoms with Crippen LogP contribution < -0.4 is 5.32 Å². The van der Waals surface area contributed by atoms with Gasteiger partial charge in [-0.1, -0.05) is 6.42 Å². The average molecular weight is 318 g/mol. The number of carbonyl (C=O) groups is 1. The Labute approximate surface area is 135 Å². The number of amides is 1. The highest BCUT2D eigenvalue weighted by Crippen LogP contribution is 2.07. The lowest BCUT2D eigenvalue weighted by molar-refractivity contribution is -0.109. The summed E-state index contributed by atoms with van der Waals surface area (Å²) in [6.07, 6.45) is 5.71. The molecule has 1 N–H and O–H groups in total. The van der Waals surface area contributed by atoms with Crippen LogP contribution in [0.4, 0.5) is 0 Å². The maximum absolute atomic E-state index is 9.06. The molecular formula is C16H34N2O4. The first-order valence-electron chi connectivity index (χ1n) is 8.41. The monoisotopic (exact) mass is 318 g/mol. The number of hydrogen-bond acceptors (Lipinski definition) is 5. The van der Waals surface area contributed by atoms with Crippen molar-refractivity contribution in [2.75, 3.05) is 66.3 Å². The lowest BCUT2D eigenvalue weighted by Crippen LogP contribution is -2.32. The Kier molecular flexibility index (Phi) is 17.8. The summed E-state index contributed by atoms with van der Waals surface area (Å²) in [5, 5.41) is 2.25. The first kappa shape index (κ1) is 21.3. The van der Waals surface area contributed by atoms with Gasteiger partial charge in [-0.2, -0.15) is 0 Å². The van der Waals surface area contributed by atoms with Gasteiger partial charge in [0.1, 0.15) is 0 Å². The molecule has 6 heteroatoms. The van der Waals surface area contributed by atoms with Crippen LogP contribution in [-0.2, 0) is 19.0 Å². The predicted molar refractivity (Wildman–Crippen MR) is 88.2 cm³/mol. The highest BCUT2D eigenvalue weighted by molar-refractivity contribution is 5.44. The average Bonchev–Trinajstić information content (AvgIpc) is 2.58. The van der Waals surface area contributed by atoms with Gasteiger partial charge in [-0.15, -0.1) is 0 Å². The van der Waals surface area contributed by atoms with Crippen molar-refractivity contribution in [1.82, 2.24) is 10.2 Å². The SMILES string of the molecule is CCOCCOCCCOCCN1CCCCC1.CNC=O. The van der Waals surface area contributed by atoms with Crippen LogP contribution >= 0.6 is 0 Å². The predicted octanol–water partition coefficient (Wildman–Crippen LogP) is 1.29. The first-order valence-corrected chi connectivity index (χ1v) is 8.41. The van der Waals surface area contributed by atoms with Crippen LogP contribution in [0.3, 0.4) is 0 Å². The minimum atomic E-state index is 0.625. The summed E-state index contributed by atoms with van der Waals surface area (Å²) in [5.74, 6) is 0. The molecule has 0 bridgehead atoms. The van der Waals surface area contributed by atoms with Crippen LogP contribution in [0.5, 0.6) is 0 Å². The quantitative estimate of drug-likeness (QED) is 0.434. The van der Waals surface area contributed by atoms with E-state index in [2.05, 4.69) is 10.2 Å². The van der Waals surface area contributed by atoms with Gasteiger partial charge in [-0.05, 0) is 39.3 Å². The van der Waals surface area contributed by atoms with Crippen molar-refractivity contribution in [2.24, 2.45) is 0 Å². The summed E-state index contributed by atoms with van der Waals surface area (Å²) in [7, 11) is 1.56. The second-order valence-corrected chi connectivity index (χ2v) is 5.08. The van der Waals surface area contributed by atoms with Gasteiger partial charge in [0, 0.05) is 33.4 Å². The number of likely N-dealkylation sites (tertiary alicyclic amines) is 1. The van der Waals surface area contributed by atoms with Crippen molar-refractivity contribution in [3.63, 3.8) is 0 Å². The van der Waals surface area contributed by atoms with E-state index in [1.165, 1.54) is 32.4 Å². The lowest BCUT2D eigenvalue weighted by atomic mass is 10.1. The van der Waals surface area contributed by atoms with Crippen molar-refractivity contribution in [2.45, 2.75) is 32.6 Å². The zero-order chi connectivity index (χ0) is 16.3. The van der Waals surface area contributed by atoms with E-state index in [4.69, 9.17) is 19.0 Å². The molecule has 22 heavy (non-hydrogen) atoms. The zero-order valence-corrected chi connectivity index (χ0v) is 14.3. The van der Waals surface area contributed by atoms with Gasteiger partial charge in [-0.25, -0.2) is 0 Å². The molecule has 0 spiro atoms. The normalized spacial score (nSPS) is 15.0. The molecule has 132 valence electrons. The molecule has 6 nitrogen and oxygen atoms in total. The number of hydrogen-bond donors (Lipinski definition) is 1. The van der Waals surface area contributed by atoms with Crippen LogP contribution in [0, 0.1) is 0 Å². The Morgan fingerprint density at radius 1 is 0.955 bits per heavy atom. The molecule has 0 aromatic rings. The summed E-state index contributed by atoms with van der Waals surface area (Å²) in [4.78, 5) is 11.6. The topological polar surface area (TPSA) is 60.0 Å². The fourth-order valence-electron chi connectivity index (χ4n) is 2.11. The standard InChI is InChI=1S/C14H29NO3.C2H5NO/c1-2-16-13-14-18-11-6-10-17-12-9-15-7-4-3-5-8-15;1-3-2-4/h2-14H2,1H3;2H,1H3,(H,3,4). The van der Waals surface area contributed by atoms with Crippen molar-refractivity contribution >= 4 is 6.41 Å². The molecule has 0 aromatic carbocycles. The molecule has 1 amide bonds. The summed E-state index contributed by atoms with van der Waals surface area (Å²) < 4.78 is 16.2. The first-order chi connectivity index (χ1) is 10.8. The molecule has 0 saturated carbocycles. The van der Waals surface area contributed by atoms with Crippen molar-refractivity contribution in [3.8, 4) is 0 Å². The second kappa shape index (κ2) is 18.4. The Bertz CT molecular complexity index is 224. The Morgan fingerprint density at radius 2 is 1.55 bits per heavy atom. The molecule has 1 heterocycles. The number of rotatable bonds is 12. The van der Waals surface area contributed by atoms with Gasteiger partial charge in [0.2, 0.25) is 6.41 Å². The van der Waals surface area contributed by atoms with E-state index in [1.807, 2.05) is 6.92 Å². The van der Waals surface area contributed by atoms with Crippen LogP contribution in [0.1, 0.15) is 32.6 Å². The summed E-state index contributed by atoms with van der Waals surface area (Å²) in [6, 6.07) is 0. The van der Waals surface area contributed by atoms with Gasteiger partial charge in [-0.3, -0.25) is 4.79 Å². The largest absolute Gasteiger partial charge is 0.380 e. The van der Waals surface area contributed by atoms with Gasteiger partial charge < -0.3 is 24.4 Å². The Balaban J connectivity index is 0.000000980. The lowest BCUT2D eigenvalue weighted by Gasteiger charge is -2.26. The molecule has 1 saturated heterocycles. The van der Waals surface area contributed by atoms with Crippen molar-refractivity contribution in [3.05, 3.63) is 0 Å². The number of nitrogens with one attached hydrogen (secondary N) is 1. The molecule has 1 aliphatic rings. The molecule has 0 aliphatic carbocycles. The van der Waals surface area contributed by atoms with E-state index >= 15 is 0 Å². The van der Waals surface area contributed by atoms with E-state index in [-0.39, 0.29) is 0 Å². The highest BCUT2D eigenvalue weighted by atomic mass is 16.5. The second-order valence-electron chi connectivity index (χ2n) is 5.08. The Hall–Kier alpha value is -0.690.